The fourth-order valence-electron chi connectivity index (χ4n) is 1.76. The van der Waals surface area contributed by atoms with Crippen LogP contribution in [-0.4, -0.2) is 65.5 Å². The molecule has 0 radical (unpaired) electrons. The molecule has 0 spiro atoms. The van der Waals surface area contributed by atoms with Crippen molar-refractivity contribution in [2.24, 2.45) is 0 Å². The quantitative estimate of drug-likeness (QED) is 0.706. The molecule has 0 aromatic heterocycles. The number of piperidine rings is 1. The molecular weight excluding hydrogens is 260 g/mol. The molecule has 0 aliphatic carbocycles. The summed E-state index contributed by atoms with van der Waals surface area (Å²) < 4.78 is 26.5. The van der Waals surface area contributed by atoms with Gasteiger partial charge in [-0.25, -0.2) is 0 Å². The average Bonchev–Trinajstić information content (AvgIpc) is 2.25. The molecule has 0 saturated carbocycles. The Kier molecular flexibility index (Phi) is 4.71. The molecule has 0 aromatic rings. The lowest BCUT2D eigenvalue weighted by atomic mass is 9.95. The van der Waals surface area contributed by atoms with E-state index in [1.807, 2.05) is 0 Å². The monoisotopic (exact) mass is 280 g/mol. The summed E-state index contributed by atoms with van der Waals surface area (Å²) in [6, 6.07) is 0. The van der Waals surface area contributed by atoms with Gasteiger partial charge in [-0.3, -0.25) is 4.79 Å². The van der Waals surface area contributed by atoms with Gasteiger partial charge >= 0.3 is 5.97 Å². The van der Waals surface area contributed by atoms with Crippen molar-refractivity contribution in [2.45, 2.75) is 31.8 Å². The second-order valence-electron chi connectivity index (χ2n) is 4.87. The highest BCUT2D eigenvalue weighted by Crippen LogP contribution is 2.23. The van der Waals surface area contributed by atoms with E-state index < -0.39 is 21.8 Å². The van der Waals surface area contributed by atoms with Gasteiger partial charge in [-0.05, 0) is 19.8 Å². The van der Waals surface area contributed by atoms with Gasteiger partial charge in [0.1, 0.15) is 0 Å². The summed E-state index contributed by atoms with van der Waals surface area (Å²) in [5, 5.41) is 18.3. The number of nitrogens with zero attached hydrogens (tertiary/aromatic N) is 2. The third kappa shape index (κ3) is 3.91. The fourth-order valence-corrected chi connectivity index (χ4v) is 3.12. The maximum absolute atomic E-state index is 12.1. The van der Waals surface area contributed by atoms with E-state index >= 15 is 0 Å². The van der Waals surface area contributed by atoms with Gasteiger partial charge in [0.25, 0.3) is 10.2 Å². The normalized spacial score (nSPS) is 21.1. The Morgan fingerprint density at radius 2 is 1.89 bits per heavy atom. The molecule has 1 heterocycles. The Balaban J connectivity index is 2.61. The first kappa shape index (κ1) is 15.4. The molecule has 1 saturated heterocycles. The lowest BCUT2D eigenvalue weighted by Gasteiger charge is -2.36. The lowest BCUT2D eigenvalue weighted by Crippen LogP contribution is -2.49. The van der Waals surface area contributed by atoms with Crippen LogP contribution in [0, 0.1) is 0 Å². The number of aliphatic carboxylic acids is 1. The van der Waals surface area contributed by atoms with E-state index in [1.54, 1.807) is 6.92 Å². The molecule has 106 valence electrons. The van der Waals surface area contributed by atoms with E-state index in [9.17, 15) is 18.3 Å². The lowest BCUT2D eigenvalue weighted by molar-refractivity contribution is -0.137. The molecule has 0 aromatic carbocycles. The van der Waals surface area contributed by atoms with Crippen LogP contribution in [0.3, 0.4) is 0 Å². The van der Waals surface area contributed by atoms with E-state index in [4.69, 9.17) is 5.11 Å². The van der Waals surface area contributed by atoms with Gasteiger partial charge in [0.15, 0.2) is 0 Å². The van der Waals surface area contributed by atoms with Crippen LogP contribution in [0.25, 0.3) is 0 Å². The standard InChI is InChI=1S/C10H20N2O5S/c1-10(15)4-7-12(8-5-10)18(16,17)11(2)6-3-9(13)14/h15H,3-8H2,1-2H3,(H,13,14). The molecule has 1 fully saturated rings. The smallest absolute Gasteiger partial charge is 0.304 e. The first-order valence-electron chi connectivity index (χ1n) is 5.81. The Hall–Kier alpha value is -0.700. The molecule has 1 aliphatic heterocycles. The summed E-state index contributed by atoms with van der Waals surface area (Å²) in [5.74, 6) is -1.03. The van der Waals surface area contributed by atoms with Crippen molar-refractivity contribution >= 4 is 16.2 Å². The summed E-state index contributed by atoms with van der Waals surface area (Å²) in [4.78, 5) is 10.4. The Bertz CT molecular complexity index is 396. The minimum Gasteiger partial charge on any atom is -0.481 e. The predicted octanol–water partition coefficient (Wildman–Crippen LogP) is -0.515. The number of carbonyl (C=O) groups is 1. The largest absolute Gasteiger partial charge is 0.481 e. The molecule has 7 nitrogen and oxygen atoms in total. The van der Waals surface area contributed by atoms with Crippen LogP contribution in [0.1, 0.15) is 26.2 Å². The third-order valence-electron chi connectivity index (χ3n) is 3.16. The van der Waals surface area contributed by atoms with Gasteiger partial charge in [0.2, 0.25) is 0 Å². The van der Waals surface area contributed by atoms with Crippen molar-refractivity contribution < 1.29 is 23.4 Å². The van der Waals surface area contributed by atoms with Gasteiger partial charge in [0, 0.05) is 26.7 Å². The predicted molar refractivity (Wildman–Crippen MR) is 65.2 cm³/mol. The van der Waals surface area contributed by atoms with Gasteiger partial charge in [0.05, 0.1) is 12.0 Å². The number of rotatable bonds is 5. The molecule has 1 aliphatic rings. The summed E-state index contributed by atoms with van der Waals surface area (Å²) in [5.41, 5.74) is -0.814. The number of hydrogen-bond donors (Lipinski definition) is 2. The maximum Gasteiger partial charge on any atom is 0.304 e. The number of hydrogen-bond acceptors (Lipinski definition) is 4. The van der Waals surface area contributed by atoms with Crippen molar-refractivity contribution in [1.29, 1.82) is 0 Å². The zero-order chi connectivity index (χ0) is 14.0. The van der Waals surface area contributed by atoms with E-state index in [2.05, 4.69) is 0 Å². The minimum absolute atomic E-state index is 0.0510. The molecule has 0 bridgehead atoms. The first-order valence-corrected chi connectivity index (χ1v) is 7.20. The first-order chi connectivity index (χ1) is 8.15. The minimum atomic E-state index is -3.62. The van der Waals surface area contributed by atoms with Crippen LogP contribution in [0.15, 0.2) is 0 Å². The fraction of sp³-hybridized carbons (Fsp3) is 0.900. The van der Waals surface area contributed by atoms with Crippen molar-refractivity contribution in [3.05, 3.63) is 0 Å². The number of aliphatic hydroxyl groups is 1. The molecule has 0 amide bonds. The summed E-state index contributed by atoms with van der Waals surface area (Å²) in [7, 11) is -2.25. The molecule has 18 heavy (non-hydrogen) atoms. The van der Waals surface area contributed by atoms with Crippen LogP contribution in [0.5, 0.6) is 0 Å². The SMILES string of the molecule is CN(CCC(=O)O)S(=O)(=O)N1CCC(C)(O)CC1. The summed E-state index contributed by atoms with van der Waals surface area (Å²) in [6.07, 6.45) is 0.555. The molecule has 0 atom stereocenters. The number of carboxylic acids is 1. The highest BCUT2D eigenvalue weighted by atomic mass is 32.2. The van der Waals surface area contributed by atoms with Gasteiger partial charge in [-0.1, -0.05) is 0 Å². The Labute approximate surface area is 107 Å². The van der Waals surface area contributed by atoms with E-state index in [0.717, 1.165) is 4.31 Å². The van der Waals surface area contributed by atoms with Crippen LogP contribution < -0.4 is 0 Å². The molecule has 0 unspecified atom stereocenters. The molecular formula is C10H20N2O5S. The average molecular weight is 280 g/mol. The van der Waals surface area contributed by atoms with E-state index in [1.165, 1.54) is 11.4 Å². The molecule has 8 heteroatoms. The zero-order valence-electron chi connectivity index (χ0n) is 10.7. The van der Waals surface area contributed by atoms with Crippen LogP contribution in [-0.2, 0) is 15.0 Å². The number of carboxylic acid groups (broad SMARTS) is 1. The summed E-state index contributed by atoms with van der Waals surface area (Å²) >= 11 is 0. The molecule has 2 N–H and O–H groups in total. The van der Waals surface area contributed by atoms with Gasteiger partial charge in [-0.2, -0.15) is 17.0 Å². The topological polar surface area (TPSA) is 98.2 Å². The second-order valence-corrected chi connectivity index (χ2v) is 6.90. The van der Waals surface area contributed by atoms with Crippen molar-refractivity contribution in [1.82, 2.24) is 8.61 Å². The van der Waals surface area contributed by atoms with Crippen LogP contribution in [0.4, 0.5) is 0 Å². The van der Waals surface area contributed by atoms with Crippen LogP contribution in [0.2, 0.25) is 0 Å². The maximum atomic E-state index is 12.1. The van der Waals surface area contributed by atoms with Crippen molar-refractivity contribution in [3.63, 3.8) is 0 Å². The third-order valence-corrected chi connectivity index (χ3v) is 5.15. The Morgan fingerprint density at radius 1 is 1.39 bits per heavy atom. The van der Waals surface area contributed by atoms with E-state index in [-0.39, 0.29) is 26.1 Å². The van der Waals surface area contributed by atoms with Crippen molar-refractivity contribution in [3.8, 4) is 0 Å². The van der Waals surface area contributed by atoms with E-state index in [0.29, 0.717) is 12.8 Å². The highest BCUT2D eigenvalue weighted by molar-refractivity contribution is 7.86. The van der Waals surface area contributed by atoms with Gasteiger partial charge < -0.3 is 10.2 Å². The second kappa shape index (κ2) is 5.52. The highest BCUT2D eigenvalue weighted by Gasteiger charge is 2.35. The van der Waals surface area contributed by atoms with Crippen LogP contribution >= 0.6 is 0 Å². The summed E-state index contributed by atoms with van der Waals surface area (Å²) in [6.45, 7) is 2.15. The zero-order valence-corrected chi connectivity index (χ0v) is 11.5. The Morgan fingerprint density at radius 3 is 2.33 bits per heavy atom. The van der Waals surface area contributed by atoms with Gasteiger partial charge in [-0.15, -0.1) is 0 Å². The van der Waals surface area contributed by atoms with Crippen molar-refractivity contribution in [2.75, 3.05) is 26.7 Å². The molecule has 1 rings (SSSR count).